The van der Waals surface area contributed by atoms with E-state index in [1.54, 1.807) is 7.05 Å². The van der Waals surface area contributed by atoms with Crippen molar-refractivity contribution in [1.82, 2.24) is 4.90 Å². The number of benzene rings is 1. The van der Waals surface area contributed by atoms with Gasteiger partial charge < -0.3 is 15.4 Å². The van der Waals surface area contributed by atoms with Gasteiger partial charge in [-0.1, -0.05) is 30.3 Å². The minimum atomic E-state index is -0.428. The van der Waals surface area contributed by atoms with Gasteiger partial charge >= 0.3 is 5.97 Å². The van der Waals surface area contributed by atoms with Gasteiger partial charge in [0.2, 0.25) is 5.91 Å². The quantitative estimate of drug-likeness (QED) is 0.781. The van der Waals surface area contributed by atoms with Crippen molar-refractivity contribution in [1.29, 1.82) is 0 Å². The number of methoxy groups -OCH3 is 1. The second-order valence-electron chi connectivity index (χ2n) is 4.38. The van der Waals surface area contributed by atoms with Crippen LogP contribution in [0.3, 0.4) is 0 Å². The first kappa shape index (κ1) is 15.2. The molecule has 1 amide bonds. The van der Waals surface area contributed by atoms with E-state index in [-0.39, 0.29) is 18.5 Å². The summed E-state index contributed by atoms with van der Waals surface area (Å²) in [7, 11) is 2.87. The molecule has 1 aromatic carbocycles. The highest BCUT2D eigenvalue weighted by Crippen LogP contribution is 2.15. The molecule has 19 heavy (non-hydrogen) atoms. The minimum absolute atomic E-state index is 0.0318. The van der Waals surface area contributed by atoms with Crippen molar-refractivity contribution >= 4 is 11.9 Å². The Labute approximate surface area is 113 Å². The first-order chi connectivity index (χ1) is 9.04. The summed E-state index contributed by atoms with van der Waals surface area (Å²) >= 11 is 0. The molecular formula is C14H20N2O3. The van der Waals surface area contributed by atoms with E-state index in [0.717, 1.165) is 5.56 Å². The Hall–Kier alpha value is -1.88. The lowest BCUT2D eigenvalue weighted by Gasteiger charge is -2.17. The Morgan fingerprint density at radius 1 is 1.32 bits per heavy atom. The van der Waals surface area contributed by atoms with Crippen molar-refractivity contribution < 1.29 is 14.3 Å². The summed E-state index contributed by atoms with van der Waals surface area (Å²) in [4.78, 5) is 24.2. The Kier molecular flexibility index (Phi) is 6.02. The Balaban J connectivity index is 2.39. The van der Waals surface area contributed by atoms with E-state index >= 15 is 0 Å². The number of nitrogens with zero attached hydrogens (tertiary/aromatic N) is 1. The van der Waals surface area contributed by atoms with Crippen molar-refractivity contribution in [3.8, 4) is 0 Å². The van der Waals surface area contributed by atoms with Crippen LogP contribution in [0.15, 0.2) is 30.3 Å². The van der Waals surface area contributed by atoms with E-state index in [1.807, 2.05) is 30.3 Å². The standard InChI is InChI=1S/C14H20N2O3/c1-16(10-14(18)19-2)13(17)9-8-12(15)11-6-4-3-5-7-11/h3-7,12H,8-10,15H2,1-2H3. The van der Waals surface area contributed by atoms with Crippen LogP contribution in [0, 0.1) is 0 Å². The van der Waals surface area contributed by atoms with Gasteiger partial charge in [-0.2, -0.15) is 0 Å². The molecule has 0 saturated heterocycles. The van der Waals surface area contributed by atoms with Gasteiger partial charge in [0.15, 0.2) is 0 Å². The van der Waals surface area contributed by atoms with Gasteiger partial charge in [-0.05, 0) is 12.0 Å². The average Bonchev–Trinajstić information content (AvgIpc) is 2.44. The molecule has 1 atom stereocenters. The predicted molar refractivity (Wildman–Crippen MR) is 72.3 cm³/mol. The van der Waals surface area contributed by atoms with Crippen LogP contribution < -0.4 is 5.73 Å². The molecular weight excluding hydrogens is 244 g/mol. The number of hydrogen-bond acceptors (Lipinski definition) is 4. The van der Waals surface area contributed by atoms with Crippen LogP contribution in [0.1, 0.15) is 24.4 Å². The van der Waals surface area contributed by atoms with Gasteiger partial charge in [0, 0.05) is 19.5 Å². The molecule has 0 saturated carbocycles. The third kappa shape index (κ3) is 5.09. The average molecular weight is 264 g/mol. The zero-order valence-corrected chi connectivity index (χ0v) is 11.3. The summed E-state index contributed by atoms with van der Waals surface area (Å²) < 4.78 is 4.51. The van der Waals surface area contributed by atoms with E-state index in [9.17, 15) is 9.59 Å². The maximum absolute atomic E-state index is 11.8. The van der Waals surface area contributed by atoms with E-state index in [2.05, 4.69) is 4.74 Å². The summed E-state index contributed by atoms with van der Waals surface area (Å²) in [5, 5.41) is 0. The van der Waals surface area contributed by atoms with Crippen molar-refractivity contribution in [2.75, 3.05) is 20.7 Å². The third-order valence-corrected chi connectivity index (χ3v) is 2.92. The predicted octanol–water partition coefficient (Wildman–Crippen LogP) is 1.10. The molecule has 0 bridgehead atoms. The van der Waals surface area contributed by atoms with Crippen LogP contribution in [0.2, 0.25) is 0 Å². The number of rotatable bonds is 6. The van der Waals surface area contributed by atoms with Crippen molar-refractivity contribution in [3.63, 3.8) is 0 Å². The van der Waals surface area contributed by atoms with E-state index in [0.29, 0.717) is 12.8 Å². The molecule has 0 aliphatic heterocycles. The molecule has 0 heterocycles. The van der Waals surface area contributed by atoms with Crippen LogP contribution in [-0.2, 0) is 14.3 Å². The molecule has 1 aromatic rings. The maximum atomic E-state index is 11.8. The topological polar surface area (TPSA) is 72.6 Å². The number of carbonyl (C=O) groups excluding carboxylic acids is 2. The van der Waals surface area contributed by atoms with Gasteiger partial charge in [-0.15, -0.1) is 0 Å². The van der Waals surface area contributed by atoms with Crippen molar-refractivity contribution in [2.24, 2.45) is 5.73 Å². The van der Waals surface area contributed by atoms with Crippen LogP contribution in [-0.4, -0.2) is 37.5 Å². The highest BCUT2D eigenvalue weighted by Gasteiger charge is 2.15. The Morgan fingerprint density at radius 2 is 1.95 bits per heavy atom. The smallest absolute Gasteiger partial charge is 0.325 e. The zero-order chi connectivity index (χ0) is 14.3. The molecule has 1 unspecified atom stereocenters. The number of esters is 1. The van der Waals surface area contributed by atoms with E-state index in [4.69, 9.17) is 5.73 Å². The first-order valence-corrected chi connectivity index (χ1v) is 6.16. The molecule has 0 aliphatic rings. The summed E-state index contributed by atoms with van der Waals surface area (Å²) in [6.07, 6.45) is 0.859. The molecule has 0 spiro atoms. The fourth-order valence-electron chi connectivity index (χ4n) is 1.68. The first-order valence-electron chi connectivity index (χ1n) is 6.16. The van der Waals surface area contributed by atoms with Gasteiger partial charge in [-0.25, -0.2) is 0 Å². The van der Waals surface area contributed by atoms with Crippen LogP contribution in [0.4, 0.5) is 0 Å². The molecule has 2 N–H and O–H groups in total. The lowest BCUT2D eigenvalue weighted by molar-refractivity contribution is -0.146. The van der Waals surface area contributed by atoms with E-state index < -0.39 is 5.97 Å². The second-order valence-corrected chi connectivity index (χ2v) is 4.38. The van der Waals surface area contributed by atoms with Crippen LogP contribution >= 0.6 is 0 Å². The molecule has 0 aromatic heterocycles. The summed E-state index contributed by atoms with van der Waals surface area (Å²) in [5.74, 6) is -0.542. The molecule has 1 rings (SSSR count). The Bertz CT molecular complexity index is 420. The number of ether oxygens (including phenoxy) is 1. The van der Waals surface area contributed by atoms with Gasteiger partial charge in [-0.3, -0.25) is 9.59 Å². The SMILES string of the molecule is COC(=O)CN(C)C(=O)CCC(N)c1ccccc1. The molecule has 5 heteroatoms. The number of hydrogen-bond donors (Lipinski definition) is 1. The molecule has 0 aliphatic carbocycles. The summed E-state index contributed by atoms with van der Waals surface area (Å²) in [5.41, 5.74) is 7.01. The number of nitrogens with two attached hydrogens (primary N) is 1. The minimum Gasteiger partial charge on any atom is -0.468 e. The molecule has 104 valence electrons. The monoisotopic (exact) mass is 264 g/mol. The lowest BCUT2D eigenvalue weighted by atomic mass is 10.0. The van der Waals surface area contributed by atoms with E-state index in [1.165, 1.54) is 12.0 Å². The summed E-state index contributed by atoms with van der Waals surface area (Å²) in [6.45, 7) is -0.0318. The highest BCUT2D eigenvalue weighted by molar-refractivity contribution is 5.81. The van der Waals surface area contributed by atoms with Gasteiger partial charge in [0.25, 0.3) is 0 Å². The van der Waals surface area contributed by atoms with Crippen LogP contribution in [0.5, 0.6) is 0 Å². The molecule has 0 radical (unpaired) electrons. The maximum Gasteiger partial charge on any atom is 0.325 e. The van der Waals surface area contributed by atoms with Crippen LogP contribution in [0.25, 0.3) is 0 Å². The number of amides is 1. The lowest BCUT2D eigenvalue weighted by Crippen LogP contribution is -2.33. The Morgan fingerprint density at radius 3 is 2.53 bits per heavy atom. The number of likely N-dealkylation sites (N-methyl/N-ethyl adjacent to an activating group) is 1. The second kappa shape index (κ2) is 7.53. The molecule has 5 nitrogen and oxygen atoms in total. The van der Waals surface area contributed by atoms with Gasteiger partial charge in [0.1, 0.15) is 6.54 Å². The van der Waals surface area contributed by atoms with Gasteiger partial charge in [0.05, 0.1) is 7.11 Å². The largest absolute Gasteiger partial charge is 0.468 e. The summed E-state index contributed by atoms with van der Waals surface area (Å²) in [6, 6.07) is 9.46. The normalized spacial score (nSPS) is 11.7. The van der Waals surface area contributed by atoms with Crippen molar-refractivity contribution in [3.05, 3.63) is 35.9 Å². The third-order valence-electron chi connectivity index (χ3n) is 2.92. The molecule has 0 fully saturated rings. The fraction of sp³-hybridized carbons (Fsp3) is 0.429. The fourth-order valence-corrected chi connectivity index (χ4v) is 1.68. The van der Waals surface area contributed by atoms with Crippen molar-refractivity contribution in [2.45, 2.75) is 18.9 Å². The zero-order valence-electron chi connectivity index (χ0n) is 11.3. The number of carbonyl (C=O) groups is 2. The highest BCUT2D eigenvalue weighted by atomic mass is 16.5.